The SMILES string of the molecule is COc1ccccc1C(=O)Nc1ccc(-c2cc(C3CCCC3)n(C(=O)NCc3ccc(Cl)c(Cl)c3)n2)c(O)c1. The molecule has 0 spiro atoms. The highest BCUT2D eigenvalue weighted by atomic mass is 35.5. The van der Waals surface area contributed by atoms with Crippen LogP contribution in [0.3, 0.4) is 0 Å². The van der Waals surface area contributed by atoms with Gasteiger partial charge in [0.25, 0.3) is 5.91 Å². The second-order valence-electron chi connectivity index (χ2n) is 9.64. The van der Waals surface area contributed by atoms with Crippen molar-refractivity contribution in [1.82, 2.24) is 15.1 Å². The Morgan fingerprint density at radius 3 is 2.52 bits per heavy atom. The minimum absolute atomic E-state index is 0.0725. The van der Waals surface area contributed by atoms with E-state index in [0.29, 0.717) is 38.3 Å². The van der Waals surface area contributed by atoms with Crippen LogP contribution in [0.4, 0.5) is 10.5 Å². The molecule has 4 aromatic rings. The second-order valence-corrected chi connectivity index (χ2v) is 10.5. The number of carbonyl (C=O) groups excluding carboxylic acids is 2. The first kappa shape index (κ1) is 27.6. The number of benzene rings is 3. The number of para-hydroxylation sites is 1. The van der Waals surface area contributed by atoms with Gasteiger partial charge >= 0.3 is 6.03 Å². The van der Waals surface area contributed by atoms with Gasteiger partial charge in [0.05, 0.1) is 34.1 Å². The number of carbonyl (C=O) groups is 2. The third-order valence-corrected chi connectivity index (χ3v) is 7.75. The average Bonchev–Trinajstić information content (AvgIpc) is 3.64. The molecule has 0 atom stereocenters. The van der Waals surface area contributed by atoms with Crippen molar-refractivity contribution in [1.29, 1.82) is 0 Å². The lowest BCUT2D eigenvalue weighted by molar-refractivity contribution is 0.102. The Kier molecular flexibility index (Phi) is 8.28. The monoisotopic (exact) mass is 578 g/mol. The Balaban J connectivity index is 1.38. The molecule has 1 aliphatic carbocycles. The van der Waals surface area contributed by atoms with Crippen molar-refractivity contribution in [2.45, 2.75) is 38.1 Å². The van der Waals surface area contributed by atoms with Crippen LogP contribution in [0.5, 0.6) is 11.5 Å². The first-order chi connectivity index (χ1) is 19.3. The summed E-state index contributed by atoms with van der Waals surface area (Å²) in [5.74, 6) is 0.203. The van der Waals surface area contributed by atoms with Crippen LogP contribution in [0.15, 0.2) is 66.7 Å². The molecule has 3 N–H and O–H groups in total. The Hall–Kier alpha value is -4.01. The van der Waals surface area contributed by atoms with Gasteiger partial charge in [0, 0.05) is 29.8 Å². The van der Waals surface area contributed by atoms with E-state index in [1.807, 2.05) is 6.07 Å². The van der Waals surface area contributed by atoms with Crippen molar-refractivity contribution in [2.75, 3.05) is 12.4 Å². The molecule has 1 fully saturated rings. The molecule has 5 rings (SSSR count). The summed E-state index contributed by atoms with van der Waals surface area (Å²) in [6.07, 6.45) is 4.10. The van der Waals surface area contributed by atoms with Crippen molar-refractivity contribution in [3.05, 3.63) is 93.6 Å². The number of halogens is 2. The fraction of sp³-hybridized carbons (Fsp3) is 0.233. The molecule has 40 heavy (non-hydrogen) atoms. The van der Waals surface area contributed by atoms with Crippen LogP contribution >= 0.6 is 23.2 Å². The van der Waals surface area contributed by atoms with Gasteiger partial charge in [-0.15, -0.1) is 0 Å². The van der Waals surface area contributed by atoms with Crippen LogP contribution in [-0.2, 0) is 6.54 Å². The number of phenolic OH excluding ortho intramolecular Hbond substituents is 1. The van der Waals surface area contributed by atoms with Gasteiger partial charge in [-0.3, -0.25) is 4.79 Å². The fourth-order valence-corrected chi connectivity index (χ4v) is 5.28. The third-order valence-electron chi connectivity index (χ3n) is 7.01. The van der Waals surface area contributed by atoms with E-state index in [1.54, 1.807) is 54.6 Å². The van der Waals surface area contributed by atoms with Crippen molar-refractivity contribution < 1.29 is 19.4 Å². The zero-order valence-corrected chi connectivity index (χ0v) is 23.3. The van der Waals surface area contributed by atoms with E-state index in [9.17, 15) is 14.7 Å². The van der Waals surface area contributed by atoms with Gasteiger partial charge < -0.3 is 20.5 Å². The summed E-state index contributed by atoms with van der Waals surface area (Å²) in [4.78, 5) is 26.0. The number of ether oxygens (including phenoxy) is 1. The number of anilines is 1. The highest BCUT2D eigenvalue weighted by Crippen LogP contribution is 2.38. The standard InChI is InChI=1S/C30H28Cl2N4O4/c1-40-28-9-5-4-8-22(28)29(38)34-20-11-12-21(27(37)15-20)25-16-26(19-6-2-3-7-19)36(35-25)30(39)33-17-18-10-13-23(31)24(32)14-18/h4-5,8-16,19,37H,2-3,6-7,17H2,1H3,(H,33,39)(H,34,38). The van der Waals surface area contributed by atoms with E-state index >= 15 is 0 Å². The molecule has 1 heterocycles. The molecule has 206 valence electrons. The maximum absolute atomic E-state index is 13.2. The topological polar surface area (TPSA) is 105 Å². The van der Waals surface area contributed by atoms with E-state index in [4.69, 9.17) is 27.9 Å². The number of hydrogen-bond donors (Lipinski definition) is 3. The summed E-state index contributed by atoms with van der Waals surface area (Å²) in [5.41, 5.74) is 3.30. The summed E-state index contributed by atoms with van der Waals surface area (Å²) in [6.45, 7) is 0.251. The molecule has 0 bridgehead atoms. The minimum atomic E-state index is -0.376. The van der Waals surface area contributed by atoms with Gasteiger partial charge in [0.2, 0.25) is 0 Å². The first-order valence-corrected chi connectivity index (χ1v) is 13.7. The summed E-state index contributed by atoms with van der Waals surface area (Å²) in [7, 11) is 1.50. The van der Waals surface area contributed by atoms with Crippen LogP contribution in [0.1, 0.15) is 53.2 Å². The molecule has 0 radical (unpaired) electrons. The molecule has 0 aliphatic heterocycles. The fourth-order valence-electron chi connectivity index (χ4n) is 4.96. The summed E-state index contributed by atoms with van der Waals surface area (Å²) in [5, 5.41) is 22.0. The van der Waals surface area contributed by atoms with Crippen molar-refractivity contribution >= 4 is 40.8 Å². The Morgan fingerprint density at radius 1 is 1.02 bits per heavy atom. The number of nitrogens with zero attached hydrogens (tertiary/aromatic N) is 2. The zero-order chi connectivity index (χ0) is 28.2. The molecular formula is C30H28Cl2N4O4. The predicted octanol–water partition coefficient (Wildman–Crippen LogP) is 7.24. The molecule has 2 amide bonds. The first-order valence-electron chi connectivity index (χ1n) is 12.9. The van der Waals surface area contributed by atoms with Gasteiger partial charge in [-0.05, 0) is 60.9 Å². The Morgan fingerprint density at radius 2 is 1.80 bits per heavy atom. The van der Waals surface area contributed by atoms with E-state index in [0.717, 1.165) is 36.9 Å². The van der Waals surface area contributed by atoms with Crippen LogP contribution in [0, 0.1) is 0 Å². The quantitative estimate of drug-likeness (QED) is 0.214. The van der Waals surface area contributed by atoms with Crippen LogP contribution in [0.25, 0.3) is 11.3 Å². The molecular weight excluding hydrogens is 551 g/mol. The van der Waals surface area contributed by atoms with Gasteiger partial charge in [0.1, 0.15) is 11.5 Å². The molecule has 8 nitrogen and oxygen atoms in total. The number of phenols is 1. The van der Waals surface area contributed by atoms with E-state index < -0.39 is 0 Å². The molecule has 0 unspecified atom stereocenters. The van der Waals surface area contributed by atoms with Gasteiger partial charge in [-0.1, -0.05) is 54.2 Å². The number of aromatic hydroxyl groups is 1. The predicted molar refractivity (Wildman–Crippen MR) is 156 cm³/mol. The highest BCUT2D eigenvalue weighted by Gasteiger charge is 2.26. The maximum Gasteiger partial charge on any atom is 0.342 e. The maximum atomic E-state index is 13.2. The number of aromatic nitrogens is 2. The molecule has 3 aromatic carbocycles. The lowest BCUT2D eigenvalue weighted by Gasteiger charge is -2.12. The number of hydrogen-bond acceptors (Lipinski definition) is 5. The van der Waals surface area contributed by atoms with Crippen LogP contribution in [-0.4, -0.2) is 33.9 Å². The molecule has 0 saturated heterocycles. The van der Waals surface area contributed by atoms with Crippen molar-refractivity contribution in [3.63, 3.8) is 0 Å². The van der Waals surface area contributed by atoms with Crippen molar-refractivity contribution in [3.8, 4) is 22.8 Å². The molecule has 1 aliphatic rings. The van der Waals surface area contributed by atoms with Gasteiger partial charge in [-0.25, -0.2) is 4.79 Å². The summed E-state index contributed by atoms with van der Waals surface area (Å²) in [6, 6.07) is 18.4. The lowest BCUT2D eigenvalue weighted by Crippen LogP contribution is -2.30. The minimum Gasteiger partial charge on any atom is -0.507 e. The summed E-state index contributed by atoms with van der Waals surface area (Å²) < 4.78 is 6.66. The number of amides is 2. The average molecular weight is 579 g/mol. The Bertz CT molecular complexity index is 1560. The third kappa shape index (κ3) is 5.93. The number of methoxy groups -OCH3 is 1. The highest BCUT2D eigenvalue weighted by molar-refractivity contribution is 6.42. The number of nitrogens with one attached hydrogen (secondary N) is 2. The lowest BCUT2D eigenvalue weighted by atomic mass is 10.0. The molecule has 1 aromatic heterocycles. The largest absolute Gasteiger partial charge is 0.507 e. The smallest absolute Gasteiger partial charge is 0.342 e. The van der Waals surface area contributed by atoms with Crippen LogP contribution in [0.2, 0.25) is 10.0 Å². The Labute approximate surface area is 241 Å². The van der Waals surface area contributed by atoms with E-state index in [2.05, 4.69) is 15.7 Å². The molecule has 10 heteroatoms. The van der Waals surface area contributed by atoms with Crippen molar-refractivity contribution in [2.24, 2.45) is 0 Å². The van der Waals surface area contributed by atoms with Gasteiger partial charge in [0.15, 0.2) is 0 Å². The number of rotatable bonds is 7. The zero-order valence-electron chi connectivity index (χ0n) is 21.8. The second kappa shape index (κ2) is 12.0. The molecule has 1 saturated carbocycles. The summed E-state index contributed by atoms with van der Waals surface area (Å²) >= 11 is 12.1. The van der Waals surface area contributed by atoms with Gasteiger partial charge in [-0.2, -0.15) is 9.78 Å². The van der Waals surface area contributed by atoms with E-state index in [-0.39, 0.29) is 30.2 Å². The normalized spacial score (nSPS) is 13.3. The van der Waals surface area contributed by atoms with Crippen LogP contribution < -0.4 is 15.4 Å². The van der Waals surface area contributed by atoms with E-state index in [1.165, 1.54) is 17.9 Å².